The van der Waals surface area contributed by atoms with Crippen molar-refractivity contribution in [2.24, 2.45) is 0 Å². The van der Waals surface area contributed by atoms with Gasteiger partial charge in [-0.3, -0.25) is 4.79 Å². The third-order valence-corrected chi connectivity index (χ3v) is 5.59. The molecule has 4 rings (SSSR count). The Balaban J connectivity index is 1.48. The maximum atomic E-state index is 12.7. The van der Waals surface area contributed by atoms with E-state index in [9.17, 15) is 4.79 Å². The van der Waals surface area contributed by atoms with E-state index in [-0.39, 0.29) is 11.9 Å². The number of para-hydroxylation sites is 4. The molecule has 6 nitrogen and oxygen atoms in total. The quantitative estimate of drug-likeness (QED) is 0.325. The zero-order chi connectivity index (χ0) is 23.2. The van der Waals surface area contributed by atoms with Crippen LogP contribution in [0.2, 0.25) is 5.02 Å². The molecule has 0 aliphatic rings. The second-order valence-electron chi connectivity index (χ2n) is 7.67. The van der Waals surface area contributed by atoms with Gasteiger partial charge in [-0.15, -0.1) is 0 Å². The van der Waals surface area contributed by atoms with Crippen LogP contribution in [0.25, 0.3) is 11.0 Å². The number of aryl methyl sites for hydroxylation is 1. The van der Waals surface area contributed by atoms with Gasteiger partial charge >= 0.3 is 0 Å². The summed E-state index contributed by atoms with van der Waals surface area (Å²) < 4.78 is 13.4. The van der Waals surface area contributed by atoms with Crippen molar-refractivity contribution in [3.8, 4) is 11.5 Å². The van der Waals surface area contributed by atoms with Gasteiger partial charge in [-0.1, -0.05) is 41.9 Å². The number of amides is 1. The van der Waals surface area contributed by atoms with Gasteiger partial charge in [0.1, 0.15) is 5.82 Å². The Bertz CT molecular complexity index is 1250. The topological polar surface area (TPSA) is 65.4 Å². The lowest BCUT2D eigenvalue weighted by molar-refractivity contribution is 0.0937. The third-order valence-electron chi connectivity index (χ3n) is 5.36. The highest BCUT2D eigenvalue weighted by Crippen LogP contribution is 2.26. The minimum Gasteiger partial charge on any atom is -0.493 e. The number of hydrogen-bond acceptors (Lipinski definition) is 4. The lowest BCUT2D eigenvalue weighted by atomic mass is 10.2. The van der Waals surface area contributed by atoms with E-state index >= 15 is 0 Å². The summed E-state index contributed by atoms with van der Waals surface area (Å²) >= 11 is 6.04. The molecular formula is C26H26ClN3O3. The van der Waals surface area contributed by atoms with Crippen LogP contribution in [0.4, 0.5) is 0 Å². The number of methoxy groups -OCH3 is 1. The zero-order valence-corrected chi connectivity index (χ0v) is 19.4. The molecule has 7 heteroatoms. The number of nitrogens with zero attached hydrogens (tertiary/aromatic N) is 2. The highest BCUT2D eigenvalue weighted by molar-refractivity contribution is 6.30. The summed E-state index contributed by atoms with van der Waals surface area (Å²) in [6.07, 6.45) is 0.764. The molecule has 0 bridgehead atoms. The van der Waals surface area contributed by atoms with Crippen molar-refractivity contribution in [2.75, 3.05) is 13.7 Å². The Morgan fingerprint density at radius 1 is 1.06 bits per heavy atom. The van der Waals surface area contributed by atoms with Crippen LogP contribution in [0.3, 0.4) is 0 Å². The average molecular weight is 464 g/mol. The van der Waals surface area contributed by atoms with Gasteiger partial charge in [0.15, 0.2) is 11.5 Å². The van der Waals surface area contributed by atoms with E-state index in [0.29, 0.717) is 29.5 Å². The molecule has 0 radical (unpaired) electrons. The van der Waals surface area contributed by atoms with Crippen LogP contribution in [-0.4, -0.2) is 29.2 Å². The van der Waals surface area contributed by atoms with Crippen LogP contribution in [-0.2, 0) is 6.54 Å². The van der Waals surface area contributed by atoms with E-state index in [1.54, 1.807) is 31.4 Å². The second kappa shape index (κ2) is 10.4. The molecule has 1 N–H and O–H groups in total. The predicted molar refractivity (Wildman–Crippen MR) is 130 cm³/mol. The molecule has 1 aromatic heterocycles. The second-order valence-corrected chi connectivity index (χ2v) is 8.11. The molecule has 33 heavy (non-hydrogen) atoms. The van der Waals surface area contributed by atoms with Gasteiger partial charge in [0, 0.05) is 17.1 Å². The van der Waals surface area contributed by atoms with E-state index < -0.39 is 0 Å². The number of nitrogens with one attached hydrogen (secondary N) is 1. The van der Waals surface area contributed by atoms with Crippen LogP contribution in [0, 0.1) is 0 Å². The number of ether oxygens (including phenoxy) is 2. The van der Waals surface area contributed by atoms with E-state index in [4.69, 9.17) is 26.1 Å². The Morgan fingerprint density at radius 3 is 2.61 bits per heavy atom. The largest absolute Gasteiger partial charge is 0.493 e. The number of rotatable bonds is 9. The van der Waals surface area contributed by atoms with E-state index in [2.05, 4.69) is 9.88 Å². The molecule has 0 aliphatic heterocycles. The first-order valence-electron chi connectivity index (χ1n) is 10.8. The molecule has 0 saturated heterocycles. The minimum absolute atomic E-state index is 0.192. The molecule has 3 aromatic carbocycles. The first-order valence-corrected chi connectivity index (χ1v) is 11.2. The number of carbonyl (C=O) groups excluding carboxylic acids is 1. The van der Waals surface area contributed by atoms with Crippen molar-refractivity contribution < 1.29 is 14.3 Å². The number of imidazole rings is 1. The number of halogens is 1. The molecule has 1 heterocycles. The standard InChI is InChI=1S/C26H26ClN3O3/c1-18(28-26(31)19-9-7-10-20(27)17-19)25-29-21-11-3-4-12-22(21)30(25)15-8-16-33-24-14-6-5-13-23(24)32-2/h3-7,9-14,17-18H,8,15-16H2,1-2H3,(H,28,31). The van der Waals surface area contributed by atoms with E-state index in [0.717, 1.165) is 29.0 Å². The molecule has 1 atom stereocenters. The van der Waals surface area contributed by atoms with Crippen LogP contribution in [0.5, 0.6) is 11.5 Å². The predicted octanol–water partition coefficient (Wildman–Crippen LogP) is 5.66. The van der Waals surface area contributed by atoms with Crippen molar-refractivity contribution in [2.45, 2.75) is 25.9 Å². The first kappa shape index (κ1) is 22.7. The van der Waals surface area contributed by atoms with Crippen LogP contribution >= 0.6 is 11.6 Å². The van der Waals surface area contributed by atoms with Crippen LogP contribution in [0.15, 0.2) is 72.8 Å². The molecular weight excluding hydrogens is 438 g/mol. The monoisotopic (exact) mass is 463 g/mol. The van der Waals surface area contributed by atoms with Gasteiger partial charge < -0.3 is 19.4 Å². The van der Waals surface area contributed by atoms with Crippen molar-refractivity contribution in [1.82, 2.24) is 14.9 Å². The lowest BCUT2D eigenvalue weighted by Gasteiger charge is -2.17. The molecule has 0 saturated carbocycles. The molecule has 1 unspecified atom stereocenters. The summed E-state index contributed by atoms with van der Waals surface area (Å²) in [5.74, 6) is 2.04. The average Bonchev–Trinajstić information content (AvgIpc) is 3.21. The summed E-state index contributed by atoms with van der Waals surface area (Å²) in [5.41, 5.74) is 2.43. The van der Waals surface area contributed by atoms with Gasteiger partial charge in [0.2, 0.25) is 0 Å². The van der Waals surface area contributed by atoms with Crippen molar-refractivity contribution in [3.05, 3.63) is 89.2 Å². The molecule has 170 valence electrons. The minimum atomic E-state index is -0.293. The summed E-state index contributed by atoms with van der Waals surface area (Å²) in [5, 5.41) is 3.57. The molecule has 0 aliphatic carbocycles. The Hall–Kier alpha value is -3.51. The Kier molecular flexibility index (Phi) is 7.15. The van der Waals surface area contributed by atoms with Gasteiger partial charge in [-0.2, -0.15) is 0 Å². The maximum Gasteiger partial charge on any atom is 0.251 e. The first-order chi connectivity index (χ1) is 16.1. The molecule has 0 fully saturated rings. The number of benzene rings is 3. The van der Waals surface area contributed by atoms with Crippen molar-refractivity contribution in [1.29, 1.82) is 0 Å². The van der Waals surface area contributed by atoms with Gasteiger partial charge in [0.05, 0.1) is 30.8 Å². The normalized spacial score (nSPS) is 11.8. The zero-order valence-electron chi connectivity index (χ0n) is 18.6. The number of carbonyl (C=O) groups is 1. The van der Waals surface area contributed by atoms with Crippen LogP contribution in [0.1, 0.15) is 35.6 Å². The Morgan fingerprint density at radius 2 is 1.82 bits per heavy atom. The molecule has 4 aromatic rings. The van der Waals surface area contributed by atoms with Crippen molar-refractivity contribution >= 4 is 28.5 Å². The molecule has 0 spiro atoms. The fourth-order valence-corrected chi connectivity index (χ4v) is 3.97. The summed E-state index contributed by atoms with van der Waals surface area (Å²) in [4.78, 5) is 17.5. The maximum absolute atomic E-state index is 12.7. The number of hydrogen-bond donors (Lipinski definition) is 1. The van der Waals surface area contributed by atoms with E-state index in [1.165, 1.54) is 0 Å². The van der Waals surface area contributed by atoms with E-state index in [1.807, 2.05) is 55.5 Å². The van der Waals surface area contributed by atoms with Crippen LogP contribution < -0.4 is 14.8 Å². The highest BCUT2D eigenvalue weighted by Gasteiger charge is 2.19. The fraction of sp³-hybridized carbons (Fsp3) is 0.231. The summed E-state index contributed by atoms with van der Waals surface area (Å²) in [7, 11) is 1.63. The van der Waals surface area contributed by atoms with Gasteiger partial charge in [0.25, 0.3) is 5.91 Å². The Labute approximate surface area is 198 Å². The van der Waals surface area contributed by atoms with Gasteiger partial charge in [-0.25, -0.2) is 4.98 Å². The number of aromatic nitrogens is 2. The lowest BCUT2D eigenvalue weighted by Crippen LogP contribution is -2.28. The number of fused-ring (bicyclic) bond motifs is 1. The fourth-order valence-electron chi connectivity index (χ4n) is 3.78. The highest BCUT2D eigenvalue weighted by atomic mass is 35.5. The summed E-state index contributed by atoms with van der Waals surface area (Å²) in [6.45, 7) is 3.16. The third kappa shape index (κ3) is 5.29. The molecule has 1 amide bonds. The summed E-state index contributed by atoms with van der Waals surface area (Å²) in [6, 6.07) is 22.2. The van der Waals surface area contributed by atoms with Crippen molar-refractivity contribution in [3.63, 3.8) is 0 Å². The smallest absolute Gasteiger partial charge is 0.251 e. The van der Waals surface area contributed by atoms with Gasteiger partial charge in [-0.05, 0) is 55.8 Å². The SMILES string of the molecule is COc1ccccc1OCCCn1c(C(C)NC(=O)c2cccc(Cl)c2)nc2ccccc21.